The van der Waals surface area contributed by atoms with Crippen LogP contribution in [0.15, 0.2) is 29.2 Å². The first-order valence-corrected chi connectivity index (χ1v) is 10.0. The summed E-state index contributed by atoms with van der Waals surface area (Å²) < 4.78 is 4.96. The van der Waals surface area contributed by atoms with Crippen LogP contribution in [0.4, 0.5) is 0 Å². The van der Waals surface area contributed by atoms with Gasteiger partial charge in [0, 0.05) is 35.9 Å². The number of benzene rings is 1. The molecule has 1 saturated heterocycles. The summed E-state index contributed by atoms with van der Waals surface area (Å²) in [4.78, 5) is 25.4. The van der Waals surface area contributed by atoms with Crippen LogP contribution in [0, 0.1) is 5.92 Å². The molecule has 0 aromatic heterocycles. The van der Waals surface area contributed by atoms with Crippen molar-refractivity contribution in [3.63, 3.8) is 0 Å². The van der Waals surface area contributed by atoms with Crippen molar-refractivity contribution in [2.24, 2.45) is 5.92 Å². The molecular formula is C19H23ClN2O3S. The van der Waals surface area contributed by atoms with Gasteiger partial charge in [-0.3, -0.25) is 9.59 Å². The topological polar surface area (TPSA) is 67.4 Å². The summed E-state index contributed by atoms with van der Waals surface area (Å²) in [7, 11) is 1.61. The predicted molar refractivity (Wildman–Crippen MR) is 105 cm³/mol. The van der Waals surface area contributed by atoms with Crippen LogP contribution in [0.25, 0.3) is 6.08 Å². The minimum atomic E-state index is -0.0725. The number of carbonyl (C=O) groups excluding carboxylic acids is 2. The molecule has 2 fully saturated rings. The molecule has 2 N–H and O–H groups in total. The lowest BCUT2D eigenvalue weighted by Gasteiger charge is -2.39. The zero-order chi connectivity index (χ0) is 18.5. The van der Waals surface area contributed by atoms with E-state index in [0.717, 1.165) is 18.4 Å². The van der Waals surface area contributed by atoms with Gasteiger partial charge in [0.15, 0.2) is 0 Å². The molecule has 2 amide bonds. The lowest BCUT2D eigenvalue weighted by Crippen LogP contribution is -2.51. The molecule has 1 saturated carbocycles. The van der Waals surface area contributed by atoms with E-state index in [0.29, 0.717) is 34.8 Å². The minimum Gasteiger partial charge on any atom is -0.383 e. The Labute approximate surface area is 162 Å². The van der Waals surface area contributed by atoms with E-state index < -0.39 is 0 Å². The van der Waals surface area contributed by atoms with Crippen LogP contribution < -0.4 is 10.6 Å². The summed E-state index contributed by atoms with van der Waals surface area (Å²) >= 11 is 7.63. The third-order valence-electron chi connectivity index (χ3n) is 4.73. The van der Waals surface area contributed by atoms with Crippen LogP contribution in [0.1, 0.15) is 24.8 Å². The zero-order valence-electron chi connectivity index (χ0n) is 14.7. The van der Waals surface area contributed by atoms with E-state index in [1.807, 2.05) is 30.3 Å². The van der Waals surface area contributed by atoms with Crippen molar-refractivity contribution in [3.8, 4) is 0 Å². The molecule has 2 aliphatic rings. The van der Waals surface area contributed by atoms with Crippen molar-refractivity contribution >= 4 is 41.3 Å². The maximum atomic E-state index is 12.5. The number of hydrogen-bond donors (Lipinski definition) is 2. The van der Waals surface area contributed by atoms with Crippen LogP contribution in [0.3, 0.4) is 0 Å². The van der Waals surface area contributed by atoms with E-state index in [9.17, 15) is 9.59 Å². The molecule has 3 unspecified atom stereocenters. The van der Waals surface area contributed by atoms with Crippen molar-refractivity contribution in [2.45, 2.75) is 30.6 Å². The molecule has 1 heterocycles. The molecule has 3 rings (SSSR count). The summed E-state index contributed by atoms with van der Waals surface area (Å²) in [5.74, 6) is -0.0656. The Bertz CT molecular complexity index is 710. The van der Waals surface area contributed by atoms with Crippen molar-refractivity contribution in [1.82, 2.24) is 10.6 Å². The largest absolute Gasteiger partial charge is 0.383 e. The fraction of sp³-hybridized carbons (Fsp3) is 0.474. The number of thioether (sulfide) groups is 1. The highest BCUT2D eigenvalue weighted by Gasteiger charge is 2.39. The van der Waals surface area contributed by atoms with Crippen molar-refractivity contribution in [1.29, 1.82) is 0 Å². The third kappa shape index (κ3) is 4.81. The van der Waals surface area contributed by atoms with E-state index in [1.54, 1.807) is 18.9 Å². The summed E-state index contributed by atoms with van der Waals surface area (Å²) in [5.41, 5.74) is 0.916. The number of ether oxygens (including phenoxy) is 1. The first-order valence-electron chi connectivity index (χ1n) is 8.78. The van der Waals surface area contributed by atoms with Gasteiger partial charge in [-0.1, -0.05) is 23.7 Å². The predicted octanol–water partition coefficient (Wildman–Crippen LogP) is 2.84. The number of carbonyl (C=O) groups is 2. The first kappa shape index (κ1) is 19.3. The molecule has 7 heteroatoms. The van der Waals surface area contributed by atoms with Gasteiger partial charge in [-0.25, -0.2) is 0 Å². The van der Waals surface area contributed by atoms with E-state index in [1.165, 1.54) is 0 Å². The summed E-state index contributed by atoms with van der Waals surface area (Å²) in [6.07, 6.45) is 4.32. The second-order valence-corrected chi connectivity index (χ2v) is 8.31. The highest BCUT2D eigenvalue weighted by atomic mass is 35.5. The number of halogens is 1. The highest BCUT2D eigenvalue weighted by Crippen LogP contribution is 2.40. The van der Waals surface area contributed by atoms with Gasteiger partial charge in [0.25, 0.3) is 5.91 Å². The molecule has 26 heavy (non-hydrogen) atoms. The second kappa shape index (κ2) is 8.93. The smallest absolute Gasteiger partial charge is 0.257 e. The second-order valence-electron chi connectivity index (χ2n) is 6.59. The fourth-order valence-electron chi connectivity index (χ4n) is 3.40. The lowest BCUT2D eigenvalue weighted by atomic mass is 9.84. The SMILES string of the molecule is COCCNC(=O)C1CCC2S/C(=C/c3cccc(Cl)c3)C(=O)NC2C1. The third-order valence-corrected chi connectivity index (χ3v) is 6.39. The molecule has 1 aliphatic carbocycles. The molecular weight excluding hydrogens is 372 g/mol. The van der Waals surface area contributed by atoms with E-state index in [-0.39, 0.29) is 23.8 Å². The normalized spacial score (nSPS) is 26.9. The van der Waals surface area contributed by atoms with Gasteiger partial charge in [-0.05, 0) is 43.0 Å². The van der Waals surface area contributed by atoms with Crippen molar-refractivity contribution in [2.75, 3.05) is 20.3 Å². The Balaban J connectivity index is 1.61. The monoisotopic (exact) mass is 394 g/mol. The van der Waals surface area contributed by atoms with Gasteiger partial charge in [0.2, 0.25) is 5.91 Å². The molecule has 0 spiro atoms. The number of nitrogens with one attached hydrogen (secondary N) is 2. The van der Waals surface area contributed by atoms with E-state index in [4.69, 9.17) is 16.3 Å². The Kier molecular flexibility index (Phi) is 6.62. The molecule has 140 valence electrons. The first-order chi connectivity index (χ1) is 12.6. The van der Waals surface area contributed by atoms with Crippen LogP contribution in [0.5, 0.6) is 0 Å². The number of rotatable bonds is 5. The molecule has 1 aliphatic heterocycles. The van der Waals surface area contributed by atoms with Crippen LogP contribution in [-0.4, -0.2) is 43.4 Å². The van der Waals surface area contributed by atoms with Crippen LogP contribution in [-0.2, 0) is 14.3 Å². The summed E-state index contributed by atoms with van der Waals surface area (Å²) in [6.45, 7) is 1.03. The Morgan fingerprint density at radius 1 is 1.46 bits per heavy atom. The van der Waals surface area contributed by atoms with Crippen molar-refractivity contribution in [3.05, 3.63) is 39.8 Å². The average molecular weight is 395 g/mol. The Morgan fingerprint density at radius 3 is 3.08 bits per heavy atom. The number of hydrogen-bond acceptors (Lipinski definition) is 4. The zero-order valence-corrected chi connectivity index (χ0v) is 16.2. The maximum absolute atomic E-state index is 12.5. The molecule has 0 bridgehead atoms. The van der Waals surface area contributed by atoms with Gasteiger partial charge in [-0.2, -0.15) is 0 Å². The standard InChI is InChI=1S/C19H23ClN2O3S/c1-25-8-7-21-18(23)13-5-6-16-15(11-13)22-19(24)17(26-16)10-12-3-2-4-14(20)9-12/h2-4,9-10,13,15-16H,5-8,11H2,1H3,(H,21,23)(H,22,24)/b17-10+. The highest BCUT2D eigenvalue weighted by molar-refractivity contribution is 8.04. The maximum Gasteiger partial charge on any atom is 0.257 e. The molecule has 1 aromatic carbocycles. The van der Waals surface area contributed by atoms with Crippen LogP contribution >= 0.6 is 23.4 Å². The minimum absolute atomic E-state index is 0.0379. The van der Waals surface area contributed by atoms with Gasteiger partial charge in [-0.15, -0.1) is 11.8 Å². The average Bonchev–Trinajstić information content (AvgIpc) is 2.62. The molecule has 5 nitrogen and oxygen atoms in total. The van der Waals surface area contributed by atoms with Gasteiger partial charge >= 0.3 is 0 Å². The van der Waals surface area contributed by atoms with E-state index in [2.05, 4.69) is 10.6 Å². The molecule has 0 radical (unpaired) electrons. The van der Waals surface area contributed by atoms with Gasteiger partial charge in [0.1, 0.15) is 0 Å². The lowest BCUT2D eigenvalue weighted by molar-refractivity contribution is -0.127. The van der Waals surface area contributed by atoms with Crippen LogP contribution in [0.2, 0.25) is 5.02 Å². The van der Waals surface area contributed by atoms with Gasteiger partial charge in [0.05, 0.1) is 11.5 Å². The number of fused-ring (bicyclic) bond motifs is 1. The van der Waals surface area contributed by atoms with Crippen molar-refractivity contribution < 1.29 is 14.3 Å². The van der Waals surface area contributed by atoms with E-state index >= 15 is 0 Å². The quantitative estimate of drug-likeness (QED) is 0.595. The Hall–Kier alpha value is -1.50. The fourth-order valence-corrected chi connectivity index (χ4v) is 4.89. The number of methoxy groups -OCH3 is 1. The molecule has 1 aromatic rings. The van der Waals surface area contributed by atoms with Gasteiger partial charge < -0.3 is 15.4 Å². The number of amides is 2. The molecule has 3 atom stereocenters. The summed E-state index contributed by atoms with van der Waals surface area (Å²) in [6, 6.07) is 7.50. The Morgan fingerprint density at radius 2 is 2.31 bits per heavy atom. The summed E-state index contributed by atoms with van der Waals surface area (Å²) in [5, 5.41) is 6.95.